The highest BCUT2D eigenvalue weighted by Crippen LogP contribution is 2.21. The minimum atomic E-state index is -4.02. The van der Waals surface area contributed by atoms with E-state index in [1.807, 2.05) is 30.3 Å². The van der Waals surface area contributed by atoms with Crippen molar-refractivity contribution in [1.82, 2.24) is 15.0 Å². The van der Waals surface area contributed by atoms with Crippen LogP contribution in [-0.2, 0) is 27.8 Å². The van der Waals surface area contributed by atoms with Gasteiger partial charge in [-0.25, -0.2) is 8.42 Å². The number of carbonyl (C=O) groups excluding carboxylic acids is 1. The van der Waals surface area contributed by atoms with Crippen molar-refractivity contribution < 1.29 is 17.6 Å². The summed E-state index contributed by atoms with van der Waals surface area (Å²) in [5.41, 5.74) is 1.19. The van der Waals surface area contributed by atoms with Gasteiger partial charge in [-0.2, -0.15) is 4.72 Å². The van der Waals surface area contributed by atoms with Crippen LogP contribution in [0, 0.1) is 0 Å². The number of amides is 1. The first-order valence-electron chi connectivity index (χ1n) is 9.73. The van der Waals surface area contributed by atoms with Crippen LogP contribution in [-0.4, -0.2) is 25.4 Å². The van der Waals surface area contributed by atoms with E-state index in [1.165, 1.54) is 12.3 Å². The SMILES string of the molecule is O=C(NCc1ccco1)C(Cc1ccccc1)NS(=O)(=O)c1cccc2cccnc12. The first-order valence-corrected chi connectivity index (χ1v) is 11.2. The normalized spacial score (nSPS) is 12.5. The molecule has 1 amide bonds. The molecule has 2 N–H and O–H groups in total. The lowest BCUT2D eigenvalue weighted by molar-refractivity contribution is -0.122. The number of nitrogens with one attached hydrogen (secondary N) is 2. The fraction of sp³-hybridized carbons (Fsp3) is 0.130. The predicted molar refractivity (Wildman–Crippen MR) is 117 cm³/mol. The van der Waals surface area contributed by atoms with Crippen molar-refractivity contribution in [2.75, 3.05) is 0 Å². The summed E-state index contributed by atoms with van der Waals surface area (Å²) in [5, 5.41) is 3.44. The topological polar surface area (TPSA) is 101 Å². The minimum Gasteiger partial charge on any atom is -0.467 e. The van der Waals surface area contributed by atoms with Crippen LogP contribution < -0.4 is 10.0 Å². The van der Waals surface area contributed by atoms with Crippen LogP contribution in [0.3, 0.4) is 0 Å². The van der Waals surface area contributed by atoms with Gasteiger partial charge in [-0.1, -0.05) is 48.5 Å². The largest absolute Gasteiger partial charge is 0.467 e. The molecule has 0 aliphatic heterocycles. The Morgan fingerprint density at radius 3 is 2.55 bits per heavy atom. The molecule has 31 heavy (non-hydrogen) atoms. The van der Waals surface area contributed by atoms with Gasteiger partial charge in [-0.05, 0) is 36.2 Å². The van der Waals surface area contributed by atoms with Gasteiger partial charge < -0.3 is 9.73 Å². The van der Waals surface area contributed by atoms with Gasteiger partial charge in [0.05, 0.1) is 18.3 Å². The number of hydrogen-bond acceptors (Lipinski definition) is 5. The van der Waals surface area contributed by atoms with Crippen LogP contribution in [0.4, 0.5) is 0 Å². The summed E-state index contributed by atoms with van der Waals surface area (Å²) in [5.74, 6) is 0.130. The fourth-order valence-electron chi connectivity index (χ4n) is 3.29. The molecule has 0 spiro atoms. The lowest BCUT2D eigenvalue weighted by Crippen LogP contribution is -2.47. The van der Waals surface area contributed by atoms with Gasteiger partial charge >= 0.3 is 0 Å². The number of hydrogen-bond donors (Lipinski definition) is 2. The third kappa shape index (κ3) is 4.99. The van der Waals surface area contributed by atoms with Crippen LogP contribution >= 0.6 is 0 Å². The van der Waals surface area contributed by atoms with Gasteiger partial charge in [0, 0.05) is 11.6 Å². The van der Waals surface area contributed by atoms with Crippen molar-refractivity contribution in [2.24, 2.45) is 0 Å². The fourth-order valence-corrected chi connectivity index (χ4v) is 4.67. The Morgan fingerprint density at radius 1 is 0.968 bits per heavy atom. The van der Waals surface area contributed by atoms with E-state index in [4.69, 9.17) is 4.42 Å². The molecule has 4 rings (SSSR count). The Morgan fingerprint density at radius 2 is 1.77 bits per heavy atom. The van der Waals surface area contributed by atoms with Crippen molar-refractivity contribution in [3.05, 3.63) is 96.6 Å². The highest BCUT2D eigenvalue weighted by atomic mass is 32.2. The Bertz CT molecular complexity index is 1270. The van der Waals surface area contributed by atoms with E-state index in [0.29, 0.717) is 16.7 Å². The standard InChI is InChI=1S/C23H21N3O4S/c27-23(25-16-19-11-6-14-30-19)20(15-17-7-2-1-3-8-17)26-31(28,29)21-12-4-9-18-10-5-13-24-22(18)21/h1-14,20,26H,15-16H2,(H,25,27). The Labute approximate surface area is 180 Å². The number of rotatable bonds is 8. The highest BCUT2D eigenvalue weighted by molar-refractivity contribution is 7.89. The number of sulfonamides is 1. The van der Waals surface area contributed by atoms with E-state index < -0.39 is 22.0 Å². The molecule has 7 nitrogen and oxygen atoms in total. The first kappa shape index (κ1) is 20.8. The average Bonchev–Trinajstić information content (AvgIpc) is 3.31. The van der Waals surface area contributed by atoms with Crippen LogP contribution in [0.5, 0.6) is 0 Å². The monoisotopic (exact) mass is 435 g/mol. The Hall–Kier alpha value is -3.49. The number of benzene rings is 2. The molecular formula is C23H21N3O4S. The molecule has 0 aliphatic carbocycles. The summed E-state index contributed by atoms with van der Waals surface area (Å²) >= 11 is 0. The van der Waals surface area contributed by atoms with Gasteiger partial charge in [-0.3, -0.25) is 9.78 Å². The first-order chi connectivity index (χ1) is 15.0. The molecule has 0 radical (unpaired) electrons. The summed E-state index contributed by atoms with van der Waals surface area (Å²) < 4.78 is 34.3. The Balaban J connectivity index is 1.61. The molecule has 2 aromatic heterocycles. The van der Waals surface area contributed by atoms with Crippen molar-refractivity contribution in [2.45, 2.75) is 23.9 Å². The van der Waals surface area contributed by atoms with Gasteiger partial charge in [-0.15, -0.1) is 0 Å². The zero-order chi connectivity index (χ0) is 21.7. The second-order valence-corrected chi connectivity index (χ2v) is 8.67. The van der Waals surface area contributed by atoms with Gasteiger partial charge in [0.25, 0.3) is 0 Å². The highest BCUT2D eigenvalue weighted by Gasteiger charge is 2.27. The number of carbonyl (C=O) groups is 1. The maximum Gasteiger partial charge on any atom is 0.243 e. The number of furan rings is 1. The molecular weight excluding hydrogens is 414 g/mol. The van der Waals surface area contributed by atoms with Gasteiger partial charge in [0.15, 0.2) is 0 Å². The maximum absolute atomic E-state index is 13.2. The lowest BCUT2D eigenvalue weighted by atomic mass is 10.1. The molecule has 8 heteroatoms. The van der Waals surface area contributed by atoms with Crippen molar-refractivity contribution >= 4 is 26.8 Å². The predicted octanol–water partition coefficient (Wildman–Crippen LogP) is 3.03. The summed E-state index contributed by atoms with van der Waals surface area (Å²) in [6, 6.07) is 20.2. The van der Waals surface area contributed by atoms with Crippen molar-refractivity contribution in [3.63, 3.8) is 0 Å². The molecule has 4 aromatic rings. The van der Waals surface area contributed by atoms with E-state index in [1.54, 1.807) is 42.6 Å². The smallest absolute Gasteiger partial charge is 0.243 e. The van der Waals surface area contributed by atoms with Gasteiger partial charge in [0.2, 0.25) is 15.9 Å². The quantitative estimate of drug-likeness (QED) is 0.443. The number of pyridine rings is 1. The summed E-state index contributed by atoms with van der Waals surface area (Å²) in [6.45, 7) is 0.161. The zero-order valence-electron chi connectivity index (χ0n) is 16.6. The summed E-state index contributed by atoms with van der Waals surface area (Å²) in [4.78, 5) is 17.2. The van der Waals surface area contributed by atoms with Crippen molar-refractivity contribution in [3.8, 4) is 0 Å². The van der Waals surface area contributed by atoms with Crippen LogP contribution in [0.25, 0.3) is 10.9 Å². The van der Waals surface area contributed by atoms with E-state index in [0.717, 1.165) is 5.56 Å². The second-order valence-electron chi connectivity index (χ2n) is 6.99. The van der Waals surface area contributed by atoms with Crippen LogP contribution in [0.1, 0.15) is 11.3 Å². The van der Waals surface area contributed by atoms with Gasteiger partial charge in [0.1, 0.15) is 16.7 Å². The molecule has 1 atom stereocenters. The maximum atomic E-state index is 13.2. The molecule has 0 saturated carbocycles. The molecule has 1 unspecified atom stereocenters. The second kappa shape index (κ2) is 9.11. The lowest BCUT2D eigenvalue weighted by Gasteiger charge is -2.19. The number of nitrogens with zero attached hydrogens (tertiary/aromatic N) is 1. The molecule has 0 bridgehead atoms. The molecule has 158 valence electrons. The molecule has 0 saturated heterocycles. The third-order valence-electron chi connectivity index (χ3n) is 4.80. The van der Waals surface area contributed by atoms with Crippen LogP contribution in [0.15, 0.2) is 94.6 Å². The van der Waals surface area contributed by atoms with Crippen LogP contribution in [0.2, 0.25) is 0 Å². The zero-order valence-corrected chi connectivity index (χ0v) is 17.4. The third-order valence-corrected chi connectivity index (χ3v) is 6.30. The molecule has 0 aliphatic rings. The summed E-state index contributed by atoms with van der Waals surface area (Å²) in [6.07, 6.45) is 3.25. The van der Waals surface area contributed by atoms with E-state index in [-0.39, 0.29) is 17.9 Å². The molecule has 2 heterocycles. The minimum absolute atomic E-state index is 0.0301. The van der Waals surface area contributed by atoms with E-state index in [9.17, 15) is 13.2 Å². The molecule has 2 aromatic carbocycles. The summed E-state index contributed by atoms with van der Waals surface area (Å²) in [7, 11) is -4.02. The average molecular weight is 436 g/mol. The van der Waals surface area contributed by atoms with E-state index >= 15 is 0 Å². The van der Waals surface area contributed by atoms with Crippen molar-refractivity contribution in [1.29, 1.82) is 0 Å². The number of aromatic nitrogens is 1. The number of fused-ring (bicyclic) bond motifs is 1. The number of para-hydroxylation sites is 1. The van der Waals surface area contributed by atoms with E-state index in [2.05, 4.69) is 15.0 Å². The molecule has 0 fully saturated rings. The Kier molecular flexibility index (Phi) is 6.11.